The average molecular weight is 1170 g/mol. The van der Waals surface area contributed by atoms with Crippen LogP contribution in [0.4, 0.5) is 45.5 Å². The lowest BCUT2D eigenvalue weighted by Gasteiger charge is -2.44. The van der Waals surface area contributed by atoms with Crippen LogP contribution in [-0.2, 0) is 37.9 Å². The molecule has 448 valence electrons. The highest BCUT2D eigenvalue weighted by atomic mass is 16.3. The Kier molecular flexibility index (Phi) is 12.2. The second-order valence-electron chi connectivity index (χ2n) is 32.5. The molecule has 0 atom stereocenters. The number of fused-ring (bicyclic) bond motifs is 14. The van der Waals surface area contributed by atoms with Crippen LogP contribution in [0, 0.1) is 0 Å². The second-order valence-corrected chi connectivity index (χ2v) is 32.5. The van der Waals surface area contributed by atoms with E-state index < -0.39 is 5.41 Å². The number of hydrogen-bond acceptors (Lipinski definition) is 5. The summed E-state index contributed by atoms with van der Waals surface area (Å²) < 4.78 is 15.2. The monoisotopic (exact) mass is 1170 g/mol. The predicted molar refractivity (Wildman–Crippen MR) is 380 cm³/mol. The third-order valence-corrected chi connectivity index (χ3v) is 21.1. The Balaban J connectivity index is 1.02. The zero-order chi connectivity index (χ0) is 62.6. The van der Waals surface area contributed by atoms with Gasteiger partial charge in [-0.1, -0.05) is 197 Å². The van der Waals surface area contributed by atoms with E-state index in [1.807, 2.05) is 0 Å². The molecule has 6 heteroatoms. The fourth-order valence-electron chi connectivity index (χ4n) is 15.6. The van der Waals surface area contributed by atoms with Gasteiger partial charge in [0.05, 0.1) is 5.69 Å². The molecule has 2 aromatic heterocycles. The number of rotatable bonds is 5. The Labute approximate surface area is 528 Å². The number of furan rings is 2. The zero-order valence-electron chi connectivity index (χ0n) is 55.8. The summed E-state index contributed by atoms with van der Waals surface area (Å²) in [5.74, 6) is 0. The lowest BCUT2D eigenvalue weighted by Crippen LogP contribution is -2.61. The quantitative estimate of drug-likeness (QED) is 0.161. The van der Waals surface area contributed by atoms with E-state index in [0.717, 1.165) is 108 Å². The van der Waals surface area contributed by atoms with Gasteiger partial charge in [-0.25, -0.2) is 0 Å². The van der Waals surface area contributed by atoms with E-state index in [2.05, 4.69) is 309 Å². The molecule has 2 aliphatic carbocycles. The summed E-state index contributed by atoms with van der Waals surface area (Å²) in [5, 5.41) is 3.36. The van der Waals surface area contributed by atoms with Gasteiger partial charge in [-0.2, -0.15) is 0 Å². The molecule has 0 spiro atoms. The van der Waals surface area contributed by atoms with Gasteiger partial charge >= 0.3 is 6.85 Å². The van der Waals surface area contributed by atoms with Crippen LogP contribution in [0.5, 0.6) is 0 Å². The van der Waals surface area contributed by atoms with Gasteiger partial charge in [0, 0.05) is 72.5 Å². The highest BCUT2D eigenvalue weighted by Gasteiger charge is 2.52. The van der Waals surface area contributed by atoms with Crippen molar-refractivity contribution in [1.29, 1.82) is 0 Å². The Bertz CT molecular complexity index is 4660. The number of benzene rings is 9. The normalized spacial score (nSPS) is 16.3. The minimum atomic E-state index is -0.391. The van der Waals surface area contributed by atoms with E-state index in [1.54, 1.807) is 0 Å². The molecule has 9 aromatic carbocycles. The maximum absolute atomic E-state index is 7.83. The molecule has 0 radical (unpaired) electrons. The van der Waals surface area contributed by atoms with Crippen LogP contribution in [0.1, 0.15) is 182 Å². The molecule has 0 saturated carbocycles. The van der Waals surface area contributed by atoms with Crippen molar-refractivity contribution < 1.29 is 8.83 Å². The zero-order valence-corrected chi connectivity index (χ0v) is 55.8. The average Bonchev–Trinajstić information content (AvgIpc) is 1.60. The van der Waals surface area contributed by atoms with E-state index in [1.165, 1.54) is 61.1 Å². The molecule has 4 heterocycles. The molecule has 5 nitrogen and oxygen atoms in total. The minimum Gasteiger partial charge on any atom is -0.466 e. The maximum atomic E-state index is 7.83. The van der Waals surface area contributed by atoms with E-state index in [0.29, 0.717) is 0 Å². The van der Waals surface area contributed by atoms with Gasteiger partial charge in [-0.3, -0.25) is 0 Å². The van der Waals surface area contributed by atoms with Crippen LogP contribution in [0.3, 0.4) is 0 Å². The third kappa shape index (κ3) is 8.76. The lowest BCUT2D eigenvalue weighted by molar-refractivity contribution is 0.332. The third-order valence-electron chi connectivity index (χ3n) is 21.1. The summed E-state index contributed by atoms with van der Waals surface area (Å²) in [5.41, 5.74) is 28.8. The van der Waals surface area contributed by atoms with E-state index in [9.17, 15) is 0 Å². The number of anilines is 8. The molecular weight excluding hydrogens is 1080 g/mol. The largest absolute Gasteiger partial charge is 0.466 e. The van der Waals surface area contributed by atoms with Crippen molar-refractivity contribution in [3.8, 4) is 22.3 Å². The van der Waals surface area contributed by atoms with Crippen molar-refractivity contribution in [1.82, 2.24) is 0 Å². The van der Waals surface area contributed by atoms with E-state index >= 15 is 0 Å². The first-order chi connectivity index (χ1) is 41.9. The lowest BCUT2D eigenvalue weighted by atomic mass is 9.45. The molecule has 0 amide bonds. The second kappa shape index (κ2) is 18.9. The molecule has 0 fully saturated rings. The van der Waals surface area contributed by atoms with Crippen molar-refractivity contribution in [3.05, 3.63) is 214 Å². The van der Waals surface area contributed by atoms with E-state index in [-0.39, 0.29) is 39.3 Å². The van der Waals surface area contributed by atoms with Gasteiger partial charge in [-0.15, -0.1) is 0 Å². The summed E-state index contributed by atoms with van der Waals surface area (Å²) in [7, 11) is 0. The van der Waals surface area contributed by atoms with Crippen molar-refractivity contribution >= 4 is 96.4 Å². The van der Waals surface area contributed by atoms with Gasteiger partial charge in [0.1, 0.15) is 22.4 Å². The fraction of sp³-hybridized carbons (Fsp3) is 0.325. The molecule has 2 aliphatic heterocycles. The van der Waals surface area contributed by atoms with Crippen LogP contribution in [0.2, 0.25) is 0 Å². The standard InChI is InChI=1S/C83H86BN3O2/c1-77(2,3)49-23-31-53(32-24-49)85(54-33-25-50(26-34-54)78(4,5)6)57-39-40-58-60-44-62-68(47-65(60)83(17,18)64(58)43-57)87(56-37-29-52(30-38-56)80(10,11)12)84-73-69(46-61-59-21-19-20-22-70(59)88-75(61)72(62)73)86(55-35-27-51(28-36-55)79(7,8)9)74-63-45-66-67(48-71(63)89-76(74)84)82(15,16)42-41-81(66,13)14/h19-40,43-48H,41-42H2,1-18H3. The van der Waals surface area contributed by atoms with Crippen molar-refractivity contribution in [2.75, 3.05) is 14.6 Å². The maximum Gasteiger partial charge on any atom is 0.376 e. The smallest absolute Gasteiger partial charge is 0.376 e. The predicted octanol–water partition coefficient (Wildman–Crippen LogP) is 22.4. The Morgan fingerprint density at radius 2 is 0.921 bits per heavy atom. The molecular formula is C83H86BN3O2. The number of nitrogens with zero attached hydrogens (tertiary/aromatic N) is 3. The first-order valence-corrected chi connectivity index (χ1v) is 32.6. The first kappa shape index (κ1) is 57.2. The van der Waals surface area contributed by atoms with Crippen LogP contribution >= 0.6 is 0 Å². The molecule has 11 aromatic rings. The van der Waals surface area contributed by atoms with E-state index in [4.69, 9.17) is 8.83 Å². The van der Waals surface area contributed by atoms with Crippen LogP contribution in [-0.4, -0.2) is 6.85 Å². The molecule has 0 bridgehead atoms. The summed E-state index contributed by atoms with van der Waals surface area (Å²) in [6.45, 7) is 41.8. The van der Waals surface area contributed by atoms with Gasteiger partial charge in [0.15, 0.2) is 0 Å². The molecule has 0 unspecified atom stereocenters. The Morgan fingerprint density at radius 3 is 1.48 bits per heavy atom. The van der Waals surface area contributed by atoms with Crippen LogP contribution in [0.25, 0.3) is 55.2 Å². The Morgan fingerprint density at radius 1 is 0.416 bits per heavy atom. The molecule has 0 saturated heterocycles. The van der Waals surface area contributed by atoms with Crippen molar-refractivity contribution in [2.45, 2.75) is 175 Å². The summed E-state index contributed by atoms with van der Waals surface area (Å²) in [6, 6.07) is 65.7. The topological polar surface area (TPSA) is 36.0 Å². The molecule has 15 rings (SSSR count). The number of para-hydroxylation sites is 1. The van der Waals surface area contributed by atoms with Crippen LogP contribution in [0.15, 0.2) is 179 Å². The van der Waals surface area contributed by atoms with Crippen molar-refractivity contribution in [2.24, 2.45) is 0 Å². The van der Waals surface area contributed by atoms with Gasteiger partial charge < -0.3 is 23.4 Å². The molecule has 89 heavy (non-hydrogen) atoms. The summed E-state index contributed by atoms with van der Waals surface area (Å²) in [4.78, 5) is 7.66. The van der Waals surface area contributed by atoms with Gasteiger partial charge in [0.2, 0.25) is 0 Å². The van der Waals surface area contributed by atoms with Gasteiger partial charge in [-0.05, 0) is 203 Å². The number of hydrogen-bond donors (Lipinski definition) is 0. The summed E-state index contributed by atoms with van der Waals surface area (Å²) >= 11 is 0. The fourth-order valence-corrected chi connectivity index (χ4v) is 15.6. The SMILES string of the molecule is CC(C)(C)c1ccc(N2B3c4oc5cc6c(cc5c4N(c4ccc(C(C)(C)C)cc4)c4cc5c(oc7ccccc75)c(c43)-c3cc4c(cc32)C(C)(C)c2cc(N(c3ccc(C(C)(C)C)cc3)c3ccc(C(C)(C)C)cc3)ccc2-4)C(C)(C)CCC6(C)C)cc1. The highest BCUT2D eigenvalue weighted by Crippen LogP contribution is 2.59. The first-order valence-electron chi connectivity index (χ1n) is 32.6. The minimum absolute atomic E-state index is 0.0136. The van der Waals surface area contributed by atoms with Crippen molar-refractivity contribution in [3.63, 3.8) is 0 Å². The Hall–Kier alpha value is -8.22. The van der Waals surface area contributed by atoms with Crippen LogP contribution < -0.4 is 25.7 Å². The van der Waals surface area contributed by atoms with Gasteiger partial charge in [0.25, 0.3) is 0 Å². The highest BCUT2D eigenvalue weighted by molar-refractivity contribution is 6.93. The molecule has 0 N–H and O–H groups in total. The molecule has 4 aliphatic rings. The summed E-state index contributed by atoms with van der Waals surface area (Å²) in [6.07, 6.45) is 2.23.